The lowest BCUT2D eigenvalue weighted by atomic mass is 10.1. The third-order valence-electron chi connectivity index (χ3n) is 3.37. The minimum absolute atomic E-state index is 0.164. The lowest BCUT2D eigenvalue weighted by molar-refractivity contribution is 0.0687. The molecule has 0 atom stereocenters. The summed E-state index contributed by atoms with van der Waals surface area (Å²) in [5, 5.41) is 13.9. The normalized spacial score (nSPS) is 10.7. The molecule has 0 radical (unpaired) electrons. The molecule has 0 aliphatic carbocycles. The minimum atomic E-state index is -1.40. The van der Waals surface area contributed by atoms with Gasteiger partial charge in [0, 0.05) is 5.02 Å². The first-order valence-corrected chi connectivity index (χ1v) is 7.00. The number of hydrogen-bond acceptors (Lipinski definition) is 4. The molecule has 116 valence electrons. The van der Waals surface area contributed by atoms with E-state index in [0.29, 0.717) is 22.0 Å². The number of ether oxygens (including phenoxy) is 1. The monoisotopic (exact) mass is 330 g/mol. The maximum atomic E-state index is 12.4. The predicted molar refractivity (Wildman–Crippen MR) is 85.9 cm³/mol. The SMILES string of the molecule is COc1cccc2c1c(=O)c(C(=O)O)nn2-c1ccc(Cl)cc1. The van der Waals surface area contributed by atoms with E-state index in [-0.39, 0.29) is 5.39 Å². The van der Waals surface area contributed by atoms with Crippen LogP contribution in [0.15, 0.2) is 47.3 Å². The topological polar surface area (TPSA) is 81.4 Å². The number of fused-ring (bicyclic) bond motifs is 1. The maximum absolute atomic E-state index is 12.4. The summed E-state index contributed by atoms with van der Waals surface area (Å²) in [6, 6.07) is 11.7. The maximum Gasteiger partial charge on any atom is 0.360 e. The molecular weight excluding hydrogens is 320 g/mol. The molecule has 0 unspecified atom stereocenters. The molecule has 0 aliphatic rings. The van der Waals surface area contributed by atoms with Crippen molar-refractivity contribution in [3.05, 3.63) is 63.4 Å². The van der Waals surface area contributed by atoms with Crippen LogP contribution >= 0.6 is 11.6 Å². The number of hydrogen-bond donors (Lipinski definition) is 1. The van der Waals surface area contributed by atoms with E-state index in [1.807, 2.05) is 0 Å². The van der Waals surface area contributed by atoms with Crippen LogP contribution in [-0.2, 0) is 0 Å². The van der Waals surface area contributed by atoms with Gasteiger partial charge in [0.25, 0.3) is 0 Å². The zero-order chi connectivity index (χ0) is 16.6. The summed E-state index contributed by atoms with van der Waals surface area (Å²) >= 11 is 5.88. The average Bonchev–Trinajstić information content (AvgIpc) is 2.55. The summed E-state index contributed by atoms with van der Waals surface area (Å²) in [6.45, 7) is 0. The first kappa shape index (κ1) is 15.1. The third-order valence-corrected chi connectivity index (χ3v) is 3.62. The van der Waals surface area contributed by atoms with Crippen molar-refractivity contribution >= 4 is 28.5 Å². The molecule has 1 N–H and O–H groups in total. The molecular formula is C16H11ClN2O4. The second kappa shape index (κ2) is 5.73. The van der Waals surface area contributed by atoms with Gasteiger partial charge >= 0.3 is 5.97 Å². The van der Waals surface area contributed by atoms with E-state index in [9.17, 15) is 14.7 Å². The van der Waals surface area contributed by atoms with Crippen LogP contribution in [0.4, 0.5) is 0 Å². The Morgan fingerprint density at radius 2 is 1.91 bits per heavy atom. The lowest BCUT2D eigenvalue weighted by Crippen LogP contribution is -2.22. The van der Waals surface area contributed by atoms with Gasteiger partial charge in [0.15, 0.2) is 0 Å². The summed E-state index contributed by atoms with van der Waals surface area (Å²) in [5.41, 5.74) is -0.232. The van der Waals surface area contributed by atoms with Gasteiger partial charge in [-0.2, -0.15) is 5.10 Å². The standard InChI is InChI=1S/C16H11ClN2O4/c1-23-12-4-2-3-11-13(12)15(20)14(16(21)22)18-19(11)10-7-5-9(17)6-8-10/h2-8H,1H3,(H,21,22). The van der Waals surface area contributed by atoms with Crippen LogP contribution < -0.4 is 10.2 Å². The average molecular weight is 331 g/mol. The Morgan fingerprint density at radius 1 is 1.22 bits per heavy atom. The van der Waals surface area contributed by atoms with Gasteiger partial charge in [0.1, 0.15) is 5.75 Å². The number of aromatic nitrogens is 2. The van der Waals surface area contributed by atoms with Crippen molar-refractivity contribution in [1.29, 1.82) is 0 Å². The van der Waals surface area contributed by atoms with Crippen LogP contribution in [0, 0.1) is 0 Å². The molecule has 1 heterocycles. The zero-order valence-corrected chi connectivity index (χ0v) is 12.7. The van der Waals surface area contributed by atoms with Gasteiger partial charge < -0.3 is 9.84 Å². The fraction of sp³-hybridized carbons (Fsp3) is 0.0625. The smallest absolute Gasteiger partial charge is 0.360 e. The van der Waals surface area contributed by atoms with Crippen molar-refractivity contribution in [2.24, 2.45) is 0 Å². The van der Waals surface area contributed by atoms with E-state index < -0.39 is 17.1 Å². The summed E-state index contributed by atoms with van der Waals surface area (Å²) in [6.07, 6.45) is 0. The number of benzene rings is 2. The fourth-order valence-electron chi connectivity index (χ4n) is 2.33. The van der Waals surface area contributed by atoms with Gasteiger partial charge in [-0.15, -0.1) is 0 Å². The highest BCUT2D eigenvalue weighted by Crippen LogP contribution is 2.24. The van der Waals surface area contributed by atoms with Gasteiger partial charge in [-0.05, 0) is 36.4 Å². The first-order valence-electron chi connectivity index (χ1n) is 6.62. The van der Waals surface area contributed by atoms with Gasteiger partial charge in [-0.25, -0.2) is 9.48 Å². The molecule has 3 aromatic rings. The van der Waals surface area contributed by atoms with Crippen molar-refractivity contribution in [2.75, 3.05) is 7.11 Å². The van der Waals surface area contributed by atoms with Crippen molar-refractivity contribution < 1.29 is 14.6 Å². The predicted octanol–water partition coefficient (Wildman–Crippen LogP) is 2.75. The number of nitrogens with zero attached hydrogens (tertiary/aromatic N) is 2. The van der Waals surface area contributed by atoms with Crippen molar-refractivity contribution in [2.45, 2.75) is 0 Å². The van der Waals surface area contributed by atoms with Crippen LogP contribution in [0.5, 0.6) is 5.75 Å². The Kier molecular flexibility index (Phi) is 3.75. The molecule has 2 aromatic carbocycles. The van der Waals surface area contributed by atoms with Gasteiger partial charge in [-0.1, -0.05) is 17.7 Å². The zero-order valence-electron chi connectivity index (χ0n) is 12.0. The van der Waals surface area contributed by atoms with Crippen molar-refractivity contribution in [3.63, 3.8) is 0 Å². The van der Waals surface area contributed by atoms with Gasteiger partial charge in [0.05, 0.1) is 23.7 Å². The Hall–Kier alpha value is -2.86. The number of carboxylic acids is 1. The molecule has 0 saturated carbocycles. The first-order chi connectivity index (χ1) is 11.0. The molecule has 0 bridgehead atoms. The van der Waals surface area contributed by atoms with Crippen LogP contribution in [-0.4, -0.2) is 28.0 Å². The molecule has 0 aliphatic heterocycles. The summed E-state index contributed by atoms with van der Waals surface area (Å²) in [7, 11) is 1.42. The van der Waals surface area contributed by atoms with Crippen LogP contribution in [0.25, 0.3) is 16.6 Å². The molecule has 0 spiro atoms. The van der Waals surface area contributed by atoms with Crippen LogP contribution in [0.3, 0.4) is 0 Å². The number of aromatic carboxylic acids is 1. The van der Waals surface area contributed by atoms with Crippen LogP contribution in [0.2, 0.25) is 5.02 Å². The van der Waals surface area contributed by atoms with E-state index in [4.69, 9.17) is 16.3 Å². The second-order valence-corrected chi connectivity index (χ2v) is 5.16. The van der Waals surface area contributed by atoms with E-state index in [2.05, 4.69) is 5.10 Å². The highest BCUT2D eigenvalue weighted by molar-refractivity contribution is 6.30. The van der Waals surface area contributed by atoms with E-state index >= 15 is 0 Å². The number of carboxylic acid groups (broad SMARTS) is 1. The highest BCUT2D eigenvalue weighted by atomic mass is 35.5. The minimum Gasteiger partial charge on any atom is -0.496 e. The largest absolute Gasteiger partial charge is 0.496 e. The Labute approximate surface area is 135 Å². The summed E-state index contributed by atoms with van der Waals surface area (Å²) in [5.74, 6) is -1.11. The number of methoxy groups -OCH3 is 1. The Balaban J connectivity index is 2.46. The molecule has 0 fully saturated rings. The molecule has 23 heavy (non-hydrogen) atoms. The number of carbonyl (C=O) groups is 1. The van der Waals surface area contributed by atoms with Crippen molar-refractivity contribution in [3.8, 4) is 11.4 Å². The molecule has 7 heteroatoms. The number of rotatable bonds is 3. The van der Waals surface area contributed by atoms with E-state index in [1.165, 1.54) is 11.8 Å². The van der Waals surface area contributed by atoms with Crippen molar-refractivity contribution in [1.82, 2.24) is 9.78 Å². The quantitative estimate of drug-likeness (QED) is 0.798. The third kappa shape index (κ3) is 2.53. The molecule has 1 aromatic heterocycles. The lowest BCUT2D eigenvalue weighted by Gasteiger charge is -2.12. The number of halogens is 1. The van der Waals surface area contributed by atoms with E-state index in [0.717, 1.165) is 0 Å². The summed E-state index contributed by atoms with van der Waals surface area (Å²) < 4.78 is 6.59. The summed E-state index contributed by atoms with van der Waals surface area (Å²) in [4.78, 5) is 23.8. The Morgan fingerprint density at radius 3 is 2.52 bits per heavy atom. The van der Waals surface area contributed by atoms with Gasteiger partial charge in [-0.3, -0.25) is 4.79 Å². The Bertz CT molecular complexity index is 964. The second-order valence-electron chi connectivity index (χ2n) is 4.73. The highest BCUT2D eigenvalue weighted by Gasteiger charge is 2.19. The molecule has 0 amide bonds. The van der Waals surface area contributed by atoms with E-state index in [1.54, 1.807) is 42.5 Å². The molecule has 0 saturated heterocycles. The van der Waals surface area contributed by atoms with Gasteiger partial charge in [0.2, 0.25) is 11.1 Å². The van der Waals surface area contributed by atoms with Crippen LogP contribution in [0.1, 0.15) is 10.5 Å². The molecule has 3 rings (SSSR count). The fourth-order valence-corrected chi connectivity index (χ4v) is 2.46. The molecule has 6 nitrogen and oxygen atoms in total.